The average Bonchev–Trinajstić information content (AvgIpc) is 2.97. The molecule has 6 nitrogen and oxygen atoms in total. The Morgan fingerprint density at radius 2 is 1.74 bits per heavy atom. The Balaban J connectivity index is 1.62. The zero-order valence-corrected chi connectivity index (χ0v) is 16.8. The first-order chi connectivity index (χ1) is 13.0. The van der Waals surface area contributed by atoms with Crippen molar-refractivity contribution in [2.75, 3.05) is 20.3 Å². The molecule has 2 amide bonds. The Morgan fingerprint density at radius 1 is 1.04 bits per heavy atom. The summed E-state index contributed by atoms with van der Waals surface area (Å²) in [6.45, 7) is 0.675. The van der Waals surface area contributed by atoms with Gasteiger partial charge in [0.2, 0.25) is 0 Å². The molecule has 1 fully saturated rings. The SMILES string of the molecule is COc1ccc(OCCOc2ccc(Br)cc2/C=C2/SC(=O)NC2=O)cc1. The number of hydrogen-bond acceptors (Lipinski definition) is 6. The highest BCUT2D eigenvalue weighted by Crippen LogP contribution is 2.31. The maximum Gasteiger partial charge on any atom is 0.290 e. The molecule has 8 heteroatoms. The highest BCUT2D eigenvalue weighted by Gasteiger charge is 2.25. The van der Waals surface area contributed by atoms with Crippen LogP contribution in [0.2, 0.25) is 0 Å². The van der Waals surface area contributed by atoms with Crippen LogP contribution in [0.3, 0.4) is 0 Å². The van der Waals surface area contributed by atoms with Crippen LogP contribution in [0, 0.1) is 0 Å². The van der Waals surface area contributed by atoms with Gasteiger partial charge in [0.1, 0.15) is 30.5 Å². The van der Waals surface area contributed by atoms with Crippen LogP contribution in [-0.2, 0) is 4.79 Å². The van der Waals surface area contributed by atoms with Crippen molar-refractivity contribution in [3.63, 3.8) is 0 Å². The van der Waals surface area contributed by atoms with Gasteiger partial charge in [-0.2, -0.15) is 0 Å². The molecule has 0 radical (unpaired) electrons. The van der Waals surface area contributed by atoms with Crippen LogP contribution in [0.1, 0.15) is 5.56 Å². The molecule has 0 aromatic heterocycles. The van der Waals surface area contributed by atoms with Crippen molar-refractivity contribution in [2.24, 2.45) is 0 Å². The quantitative estimate of drug-likeness (QED) is 0.503. The number of methoxy groups -OCH3 is 1. The molecule has 2 aromatic carbocycles. The number of carbonyl (C=O) groups is 2. The standard InChI is InChI=1S/C19H16BrNO5S/c1-24-14-3-5-15(6-4-14)25-8-9-26-16-7-2-13(20)10-12(16)11-17-18(22)21-19(23)27-17/h2-7,10-11H,8-9H2,1H3,(H,21,22,23)/b17-11+. The number of ether oxygens (including phenoxy) is 3. The number of carbonyl (C=O) groups excluding carboxylic acids is 2. The predicted octanol–water partition coefficient (Wildman–Crippen LogP) is 4.24. The Labute approximate surface area is 169 Å². The minimum atomic E-state index is -0.404. The Morgan fingerprint density at radius 3 is 2.41 bits per heavy atom. The average molecular weight is 450 g/mol. The smallest absolute Gasteiger partial charge is 0.290 e. The zero-order valence-electron chi connectivity index (χ0n) is 14.4. The molecule has 1 N–H and O–H groups in total. The molecule has 0 atom stereocenters. The summed E-state index contributed by atoms with van der Waals surface area (Å²) in [7, 11) is 1.61. The lowest BCUT2D eigenvalue weighted by atomic mass is 10.2. The maximum absolute atomic E-state index is 11.7. The van der Waals surface area contributed by atoms with E-state index in [0.717, 1.165) is 27.7 Å². The number of imide groups is 1. The van der Waals surface area contributed by atoms with Gasteiger partial charge in [-0.3, -0.25) is 14.9 Å². The third-order valence-corrected chi connectivity index (χ3v) is 4.87. The van der Waals surface area contributed by atoms with Gasteiger partial charge >= 0.3 is 0 Å². The number of thioether (sulfide) groups is 1. The van der Waals surface area contributed by atoms with Gasteiger partial charge in [0.05, 0.1) is 12.0 Å². The Bertz CT molecular complexity index is 882. The van der Waals surface area contributed by atoms with Crippen LogP contribution in [0.5, 0.6) is 17.2 Å². The maximum atomic E-state index is 11.7. The van der Waals surface area contributed by atoms with Gasteiger partial charge in [-0.1, -0.05) is 15.9 Å². The van der Waals surface area contributed by atoms with Crippen molar-refractivity contribution < 1.29 is 23.8 Å². The Hall–Kier alpha value is -2.45. The van der Waals surface area contributed by atoms with Gasteiger partial charge in [-0.25, -0.2) is 0 Å². The summed E-state index contributed by atoms with van der Waals surface area (Å²) < 4.78 is 17.4. The van der Waals surface area contributed by atoms with E-state index in [4.69, 9.17) is 14.2 Å². The van der Waals surface area contributed by atoms with Crippen molar-refractivity contribution >= 4 is 44.9 Å². The topological polar surface area (TPSA) is 73.9 Å². The van der Waals surface area contributed by atoms with E-state index in [1.807, 2.05) is 36.4 Å². The van der Waals surface area contributed by atoms with Crippen LogP contribution in [0.4, 0.5) is 4.79 Å². The summed E-state index contributed by atoms with van der Waals surface area (Å²) in [4.78, 5) is 23.4. The van der Waals surface area contributed by atoms with Gasteiger partial charge < -0.3 is 14.2 Å². The normalized spacial score (nSPS) is 15.0. The lowest BCUT2D eigenvalue weighted by Gasteiger charge is -2.11. The van der Waals surface area contributed by atoms with E-state index in [1.165, 1.54) is 0 Å². The molecule has 0 unspecified atom stereocenters. The number of benzene rings is 2. The van der Waals surface area contributed by atoms with E-state index in [2.05, 4.69) is 21.2 Å². The summed E-state index contributed by atoms with van der Waals surface area (Å²) in [6.07, 6.45) is 1.63. The van der Waals surface area contributed by atoms with E-state index >= 15 is 0 Å². The molecule has 1 aliphatic rings. The van der Waals surface area contributed by atoms with Crippen LogP contribution in [-0.4, -0.2) is 31.5 Å². The van der Waals surface area contributed by atoms with Gasteiger partial charge in [-0.05, 0) is 60.3 Å². The van der Waals surface area contributed by atoms with Crippen molar-refractivity contribution in [2.45, 2.75) is 0 Å². The lowest BCUT2D eigenvalue weighted by molar-refractivity contribution is -0.115. The number of amides is 2. The predicted molar refractivity (Wildman–Crippen MR) is 107 cm³/mol. The summed E-state index contributed by atoms with van der Waals surface area (Å²) in [5.41, 5.74) is 0.696. The van der Waals surface area contributed by atoms with Gasteiger partial charge in [-0.15, -0.1) is 0 Å². The molecule has 1 heterocycles. The number of hydrogen-bond donors (Lipinski definition) is 1. The fourth-order valence-electron chi connectivity index (χ4n) is 2.31. The first-order valence-corrected chi connectivity index (χ1v) is 9.60. The van der Waals surface area contributed by atoms with E-state index < -0.39 is 5.91 Å². The molecule has 140 valence electrons. The Kier molecular flexibility index (Phi) is 6.41. The molecular weight excluding hydrogens is 434 g/mol. The molecule has 1 saturated heterocycles. The van der Waals surface area contributed by atoms with Crippen molar-refractivity contribution in [1.82, 2.24) is 5.32 Å². The fourth-order valence-corrected chi connectivity index (χ4v) is 3.36. The first kappa shape index (κ1) is 19.3. The highest BCUT2D eigenvalue weighted by atomic mass is 79.9. The van der Waals surface area contributed by atoms with E-state index in [0.29, 0.717) is 29.4 Å². The molecule has 0 saturated carbocycles. The van der Waals surface area contributed by atoms with Crippen LogP contribution in [0.25, 0.3) is 6.08 Å². The van der Waals surface area contributed by atoms with Gasteiger partial charge in [0.25, 0.3) is 11.1 Å². The summed E-state index contributed by atoms with van der Waals surface area (Å²) in [5.74, 6) is 1.67. The molecule has 3 rings (SSSR count). The largest absolute Gasteiger partial charge is 0.497 e. The second kappa shape index (κ2) is 8.96. The molecule has 0 aliphatic carbocycles. The molecule has 0 spiro atoms. The van der Waals surface area contributed by atoms with Crippen LogP contribution < -0.4 is 19.5 Å². The first-order valence-electron chi connectivity index (χ1n) is 7.99. The van der Waals surface area contributed by atoms with Crippen molar-refractivity contribution in [1.29, 1.82) is 0 Å². The third kappa shape index (κ3) is 5.27. The number of nitrogens with one attached hydrogen (secondary N) is 1. The van der Waals surface area contributed by atoms with E-state index in [-0.39, 0.29) is 5.24 Å². The third-order valence-electron chi connectivity index (χ3n) is 3.57. The molecule has 1 aliphatic heterocycles. The second-order valence-electron chi connectivity index (χ2n) is 5.41. The fraction of sp³-hybridized carbons (Fsp3) is 0.158. The molecular formula is C19H16BrNO5S. The number of halogens is 1. The molecule has 2 aromatic rings. The van der Waals surface area contributed by atoms with Crippen LogP contribution >= 0.6 is 27.7 Å². The monoisotopic (exact) mass is 449 g/mol. The molecule has 27 heavy (non-hydrogen) atoms. The second-order valence-corrected chi connectivity index (χ2v) is 7.34. The van der Waals surface area contributed by atoms with E-state index in [1.54, 1.807) is 19.3 Å². The lowest BCUT2D eigenvalue weighted by Crippen LogP contribution is -2.17. The van der Waals surface area contributed by atoms with E-state index in [9.17, 15) is 9.59 Å². The summed E-state index contributed by atoms with van der Waals surface area (Å²) in [6, 6.07) is 12.7. The zero-order chi connectivity index (χ0) is 19.2. The number of rotatable bonds is 7. The summed E-state index contributed by atoms with van der Waals surface area (Å²) in [5, 5.41) is 1.86. The minimum Gasteiger partial charge on any atom is -0.497 e. The molecule has 0 bridgehead atoms. The van der Waals surface area contributed by atoms with Crippen molar-refractivity contribution in [3.8, 4) is 17.2 Å². The van der Waals surface area contributed by atoms with Gasteiger partial charge in [0.15, 0.2) is 0 Å². The van der Waals surface area contributed by atoms with Gasteiger partial charge in [0, 0.05) is 10.0 Å². The van der Waals surface area contributed by atoms with Crippen LogP contribution in [0.15, 0.2) is 51.8 Å². The summed E-state index contributed by atoms with van der Waals surface area (Å²) >= 11 is 4.27. The minimum absolute atomic E-state index is 0.322. The van der Waals surface area contributed by atoms with Crippen molar-refractivity contribution in [3.05, 3.63) is 57.4 Å². The highest BCUT2D eigenvalue weighted by molar-refractivity contribution is 9.10.